The number of rotatable bonds is 4. The average molecular weight is 299 g/mol. The number of ether oxygens (including phenoxy) is 1. The van der Waals surface area contributed by atoms with Crippen molar-refractivity contribution in [3.63, 3.8) is 0 Å². The fourth-order valence-electron chi connectivity index (χ4n) is 1.79. The third-order valence-corrected chi connectivity index (χ3v) is 4.47. The van der Waals surface area contributed by atoms with Crippen molar-refractivity contribution in [1.29, 1.82) is 0 Å². The van der Waals surface area contributed by atoms with Gasteiger partial charge in [0.1, 0.15) is 0 Å². The average Bonchev–Trinajstić information content (AvgIpc) is 2.76. The SMILES string of the molecule is O=C(COC(=O)c1cnccn1)N[C@H]1CCS(=O)(=O)C1. The summed E-state index contributed by atoms with van der Waals surface area (Å²) in [7, 11) is -3.06. The van der Waals surface area contributed by atoms with Crippen molar-refractivity contribution >= 4 is 21.7 Å². The smallest absolute Gasteiger partial charge is 0.359 e. The maximum Gasteiger partial charge on any atom is 0.359 e. The van der Waals surface area contributed by atoms with Gasteiger partial charge in [0.25, 0.3) is 5.91 Å². The Hall–Kier alpha value is -2.03. The lowest BCUT2D eigenvalue weighted by atomic mass is 10.2. The van der Waals surface area contributed by atoms with Crippen molar-refractivity contribution in [2.75, 3.05) is 18.1 Å². The maximum atomic E-state index is 11.5. The molecule has 0 aliphatic carbocycles. The van der Waals surface area contributed by atoms with Crippen LogP contribution in [0.4, 0.5) is 0 Å². The number of nitrogens with zero attached hydrogens (tertiary/aromatic N) is 2. The summed E-state index contributed by atoms with van der Waals surface area (Å²) in [5.41, 5.74) is 0.00347. The first kappa shape index (κ1) is 14.4. The zero-order valence-corrected chi connectivity index (χ0v) is 11.3. The van der Waals surface area contributed by atoms with Crippen LogP contribution in [0, 0.1) is 0 Å². The highest BCUT2D eigenvalue weighted by Gasteiger charge is 2.29. The van der Waals surface area contributed by atoms with E-state index in [2.05, 4.69) is 15.3 Å². The summed E-state index contributed by atoms with van der Waals surface area (Å²) in [4.78, 5) is 30.4. The third-order valence-electron chi connectivity index (χ3n) is 2.70. The molecule has 0 spiro atoms. The molecule has 1 amide bonds. The van der Waals surface area contributed by atoms with Gasteiger partial charge in [-0.05, 0) is 6.42 Å². The summed E-state index contributed by atoms with van der Waals surface area (Å²) in [6.07, 6.45) is 4.35. The Labute approximate surface area is 115 Å². The molecule has 1 saturated heterocycles. The van der Waals surface area contributed by atoms with Crippen molar-refractivity contribution < 1.29 is 22.7 Å². The van der Waals surface area contributed by atoms with Crippen LogP contribution in [-0.2, 0) is 19.4 Å². The second kappa shape index (κ2) is 5.95. The van der Waals surface area contributed by atoms with Crippen LogP contribution in [0.15, 0.2) is 18.6 Å². The Balaban J connectivity index is 1.77. The molecule has 2 heterocycles. The number of sulfone groups is 1. The molecule has 2 rings (SSSR count). The van der Waals surface area contributed by atoms with Crippen LogP contribution in [0.1, 0.15) is 16.9 Å². The number of hydrogen-bond acceptors (Lipinski definition) is 7. The molecule has 0 radical (unpaired) electrons. The fourth-order valence-corrected chi connectivity index (χ4v) is 3.46. The monoisotopic (exact) mass is 299 g/mol. The molecule has 1 atom stereocenters. The molecule has 20 heavy (non-hydrogen) atoms. The van der Waals surface area contributed by atoms with Gasteiger partial charge in [-0.25, -0.2) is 18.2 Å². The first-order chi connectivity index (χ1) is 9.46. The quantitative estimate of drug-likeness (QED) is 0.704. The standard InChI is InChI=1S/C11H13N3O5S/c15-10(14-8-1-4-20(17,18)7-8)6-19-11(16)9-5-12-2-3-13-9/h2-3,5,8H,1,4,6-7H2,(H,14,15)/t8-/m0/s1. The van der Waals surface area contributed by atoms with E-state index in [9.17, 15) is 18.0 Å². The largest absolute Gasteiger partial charge is 0.451 e. The van der Waals surface area contributed by atoms with Gasteiger partial charge < -0.3 is 10.1 Å². The maximum absolute atomic E-state index is 11.5. The van der Waals surface area contributed by atoms with Gasteiger partial charge in [-0.15, -0.1) is 0 Å². The number of carbonyl (C=O) groups is 2. The van der Waals surface area contributed by atoms with Crippen LogP contribution in [0.3, 0.4) is 0 Å². The van der Waals surface area contributed by atoms with Crippen LogP contribution >= 0.6 is 0 Å². The predicted octanol–water partition coefficient (Wildman–Crippen LogP) is -1.06. The second-order valence-corrected chi connectivity index (χ2v) is 6.56. The van der Waals surface area contributed by atoms with Gasteiger partial charge in [0.15, 0.2) is 22.1 Å². The van der Waals surface area contributed by atoms with Gasteiger partial charge in [0.05, 0.1) is 17.7 Å². The molecule has 0 unspecified atom stereocenters. The first-order valence-electron chi connectivity index (χ1n) is 5.89. The molecular weight excluding hydrogens is 286 g/mol. The molecule has 0 saturated carbocycles. The lowest BCUT2D eigenvalue weighted by molar-refractivity contribution is -0.124. The fraction of sp³-hybridized carbons (Fsp3) is 0.455. The van der Waals surface area contributed by atoms with E-state index in [1.807, 2.05) is 0 Å². The Kier molecular flexibility index (Phi) is 4.28. The Morgan fingerprint density at radius 2 is 2.20 bits per heavy atom. The van der Waals surface area contributed by atoms with Crippen molar-refractivity contribution in [3.8, 4) is 0 Å². The highest BCUT2D eigenvalue weighted by atomic mass is 32.2. The topological polar surface area (TPSA) is 115 Å². The molecule has 1 aromatic heterocycles. The number of carbonyl (C=O) groups excluding carboxylic acids is 2. The molecule has 1 fully saturated rings. The summed E-state index contributed by atoms with van der Waals surface area (Å²) >= 11 is 0. The Morgan fingerprint density at radius 3 is 2.80 bits per heavy atom. The Bertz CT molecular complexity index is 602. The predicted molar refractivity (Wildman–Crippen MR) is 67.5 cm³/mol. The van der Waals surface area contributed by atoms with Crippen LogP contribution < -0.4 is 5.32 Å². The van der Waals surface area contributed by atoms with Gasteiger partial charge in [0.2, 0.25) is 0 Å². The molecule has 108 valence electrons. The number of hydrogen-bond donors (Lipinski definition) is 1. The normalized spacial score (nSPS) is 20.3. The lowest BCUT2D eigenvalue weighted by Crippen LogP contribution is -2.38. The highest BCUT2D eigenvalue weighted by Crippen LogP contribution is 2.10. The van der Waals surface area contributed by atoms with E-state index in [1.165, 1.54) is 18.6 Å². The van der Waals surface area contributed by atoms with Crippen molar-refractivity contribution in [1.82, 2.24) is 15.3 Å². The lowest BCUT2D eigenvalue weighted by Gasteiger charge is -2.10. The minimum absolute atomic E-state index is 0.00347. The van der Waals surface area contributed by atoms with Crippen molar-refractivity contribution in [3.05, 3.63) is 24.3 Å². The summed E-state index contributed by atoms with van der Waals surface area (Å²) in [5.74, 6) is -1.30. The zero-order chi connectivity index (χ0) is 14.6. The summed E-state index contributed by atoms with van der Waals surface area (Å²) in [6.45, 7) is -0.480. The summed E-state index contributed by atoms with van der Waals surface area (Å²) in [5, 5.41) is 2.51. The van der Waals surface area contributed by atoms with E-state index in [-0.39, 0.29) is 17.2 Å². The molecule has 1 aromatic rings. The van der Waals surface area contributed by atoms with Crippen LogP contribution in [0.25, 0.3) is 0 Å². The molecule has 1 N–H and O–H groups in total. The third kappa shape index (κ3) is 3.98. The van der Waals surface area contributed by atoms with Crippen LogP contribution in [-0.4, -0.2) is 54.4 Å². The molecule has 0 bridgehead atoms. The van der Waals surface area contributed by atoms with Gasteiger partial charge in [-0.1, -0.05) is 0 Å². The van der Waals surface area contributed by atoms with E-state index < -0.39 is 34.4 Å². The first-order valence-corrected chi connectivity index (χ1v) is 7.71. The highest BCUT2D eigenvalue weighted by molar-refractivity contribution is 7.91. The molecule has 8 nitrogen and oxygen atoms in total. The molecular formula is C11H13N3O5S. The molecule has 0 aromatic carbocycles. The molecule has 1 aliphatic heterocycles. The van der Waals surface area contributed by atoms with Crippen LogP contribution in [0.5, 0.6) is 0 Å². The van der Waals surface area contributed by atoms with Gasteiger partial charge in [0, 0.05) is 18.4 Å². The number of nitrogens with one attached hydrogen (secondary N) is 1. The number of amides is 1. The molecule has 9 heteroatoms. The van der Waals surface area contributed by atoms with Crippen molar-refractivity contribution in [2.24, 2.45) is 0 Å². The second-order valence-electron chi connectivity index (χ2n) is 4.33. The van der Waals surface area contributed by atoms with Gasteiger partial charge in [-0.2, -0.15) is 0 Å². The minimum atomic E-state index is -3.06. The van der Waals surface area contributed by atoms with Crippen LogP contribution in [0.2, 0.25) is 0 Å². The van der Waals surface area contributed by atoms with E-state index in [0.717, 1.165) is 0 Å². The summed E-state index contributed by atoms with van der Waals surface area (Å²) in [6, 6.07) is -0.414. The van der Waals surface area contributed by atoms with Crippen molar-refractivity contribution in [2.45, 2.75) is 12.5 Å². The Morgan fingerprint density at radius 1 is 1.40 bits per heavy atom. The number of aromatic nitrogens is 2. The molecule has 1 aliphatic rings. The van der Waals surface area contributed by atoms with E-state index in [0.29, 0.717) is 6.42 Å². The number of esters is 1. The minimum Gasteiger partial charge on any atom is -0.451 e. The summed E-state index contributed by atoms with van der Waals surface area (Å²) < 4.78 is 27.2. The van der Waals surface area contributed by atoms with E-state index in [1.54, 1.807) is 0 Å². The van der Waals surface area contributed by atoms with E-state index >= 15 is 0 Å². The van der Waals surface area contributed by atoms with E-state index in [4.69, 9.17) is 4.74 Å². The van der Waals surface area contributed by atoms with Gasteiger partial charge >= 0.3 is 5.97 Å². The zero-order valence-electron chi connectivity index (χ0n) is 10.5. The van der Waals surface area contributed by atoms with Gasteiger partial charge in [-0.3, -0.25) is 9.78 Å².